The highest BCUT2D eigenvalue weighted by Crippen LogP contribution is 2.22. The Morgan fingerprint density at radius 2 is 1.55 bits per heavy atom. The van der Waals surface area contributed by atoms with E-state index in [2.05, 4.69) is 0 Å². The molecular formula is C22H25NO10. The molecule has 0 N–H and O–H groups in total. The molecule has 0 aliphatic carbocycles. The van der Waals surface area contributed by atoms with Crippen molar-refractivity contribution in [1.82, 2.24) is 5.06 Å². The van der Waals surface area contributed by atoms with E-state index in [-0.39, 0.29) is 25.4 Å². The molecule has 33 heavy (non-hydrogen) atoms. The summed E-state index contributed by atoms with van der Waals surface area (Å²) in [7, 11) is 0. The first-order valence-corrected chi connectivity index (χ1v) is 10.2. The maximum Gasteiger partial charge on any atom is 0.352 e. The number of rotatable bonds is 10. The van der Waals surface area contributed by atoms with E-state index < -0.39 is 54.3 Å². The molecule has 0 saturated carbocycles. The smallest absolute Gasteiger partial charge is 0.352 e. The van der Waals surface area contributed by atoms with Crippen molar-refractivity contribution < 1.29 is 47.8 Å². The molecule has 0 aromatic heterocycles. The second-order valence-electron chi connectivity index (χ2n) is 7.60. The van der Waals surface area contributed by atoms with Gasteiger partial charge in [-0.25, -0.2) is 14.4 Å². The quantitative estimate of drug-likeness (QED) is 0.284. The van der Waals surface area contributed by atoms with Gasteiger partial charge in [0.05, 0.1) is 13.0 Å². The van der Waals surface area contributed by atoms with Gasteiger partial charge >= 0.3 is 23.9 Å². The third-order valence-corrected chi connectivity index (χ3v) is 4.23. The van der Waals surface area contributed by atoms with Crippen LogP contribution in [-0.2, 0) is 47.8 Å². The van der Waals surface area contributed by atoms with Crippen LogP contribution < -0.4 is 0 Å². The van der Waals surface area contributed by atoms with Gasteiger partial charge in [0.25, 0.3) is 11.8 Å². The van der Waals surface area contributed by atoms with Gasteiger partial charge in [-0.15, -0.1) is 5.06 Å². The molecule has 0 spiro atoms. The van der Waals surface area contributed by atoms with Crippen molar-refractivity contribution in [2.24, 2.45) is 5.92 Å². The average Bonchev–Trinajstić information content (AvgIpc) is 3.07. The topological polar surface area (TPSA) is 143 Å². The molecule has 0 radical (unpaired) electrons. The zero-order chi connectivity index (χ0) is 24.5. The number of esters is 3. The minimum atomic E-state index is -1.79. The summed E-state index contributed by atoms with van der Waals surface area (Å²) in [5.41, 5.74) is 0.303. The Labute approximate surface area is 189 Å². The van der Waals surface area contributed by atoms with Crippen molar-refractivity contribution in [3.63, 3.8) is 0 Å². The van der Waals surface area contributed by atoms with Crippen LogP contribution in [0.5, 0.6) is 0 Å². The zero-order valence-electron chi connectivity index (χ0n) is 18.5. The molecule has 0 unspecified atom stereocenters. The van der Waals surface area contributed by atoms with E-state index in [1.54, 1.807) is 18.2 Å². The van der Waals surface area contributed by atoms with E-state index in [0.717, 1.165) is 6.92 Å². The number of hydroxylamine groups is 2. The molecule has 178 valence electrons. The number of amides is 2. The number of carbonyl (C=O) groups is 6. The van der Waals surface area contributed by atoms with Crippen LogP contribution >= 0.6 is 0 Å². The molecule has 0 bridgehead atoms. The third-order valence-electron chi connectivity index (χ3n) is 4.23. The molecule has 11 nitrogen and oxygen atoms in total. The summed E-state index contributed by atoms with van der Waals surface area (Å²) in [6.45, 7) is 4.74. The Morgan fingerprint density at radius 1 is 0.939 bits per heavy atom. The fraction of sp³-hybridized carbons (Fsp3) is 0.455. The number of imide groups is 1. The van der Waals surface area contributed by atoms with Crippen LogP contribution in [0.2, 0.25) is 0 Å². The maximum atomic E-state index is 12.7. The highest BCUT2D eigenvalue weighted by molar-refractivity contribution is 6.01. The van der Waals surface area contributed by atoms with Crippen molar-refractivity contribution in [2.75, 3.05) is 6.61 Å². The van der Waals surface area contributed by atoms with Crippen molar-refractivity contribution in [2.45, 2.75) is 52.2 Å². The third kappa shape index (κ3) is 7.70. The van der Waals surface area contributed by atoms with Crippen molar-refractivity contribution >= 4 is 35.7 Å². The first-order chi connectivity index (χ1) is 15.6. The molecule has 1 heterocycles. The van der Waals surface area contributed by atoms with Gasteiger partial charge in [0.1, 0.15) is 0 Å². The molecule has 1 aromatic rings. The number of nitrogens with zero attached hydrogens (tertiary/aromatic N) is 1. The highest BCUT2D eigenvalue weighted by atomic mass is 16.7. The molecule has 11 heteroatoms. The summed E-state index contributed by atoms with van der Waals surface area (Å²) in [6.07, 6.45) is -4.34. The first-order valence-electron chi connectivity index (χ1n) is 10.2. The SMILES string of the molecule is CC(=O)O[C@@H](CC(=O)ON1C(=O)CCC1=O)C(=O)O[C@H](C(=O)OCC(C)C)c1ccccc1. The van der Waals surface area contributed by atoms with Gasteiger partial charge < -0.3 is 19.0 Å². The summed E-state index contributed by atoms with van der Waals surface area (Å²) in [5, 5.41) is 0.300. The normalized spacial score (nSPS) is 15.1. The van der Waals surface area contributed by atoms with Crippen molar-refractivity contribution in [3.05, 3.63) is 35.9 Å². The van der Waals surface area contributed by atoms with Gasteiger partial charge in [-0.3, -0.25) is 14.4 Å². The average molecular weight is 463 g/mol. The van der Waals surface area contributed by atoms with Crippen LogP contribution in [0.15, 0.2) is 30.3 Å². The lowest BCUT2D eigenvalue weighted by Crippen LogP contribution is -2.37. The molecule has 2 atom stereocenters. The summed E-state index contributed by atoms with van der Waals surface area (Å²) in [4.78, 5) is 76.9. The maximum absolute atomic E-state index is 12.7. The molecule has 2 amide bonds. The number of benzene rings is 1. The van der Waals surface area contributed by atoms with E-state index >= 15 is 0 Å². The fourth-order valence-electron chi connectivity index (χ4n) is 2.72. The van der Waals surface area contributed by atoms with Crippen molar-refractivity contribution in [3.8, 4) is 0 Å². The molecule has 2 rings (SSSR count). The number of hydrogen-bond acceptors (Lipinski definition) is 10. The second-order valence-corrected chi connectivity index (χ2v) is 7.60. The van der Waals surface area contributed by atoms with Crippen LogP contribution in [0.4, 0.5) is 0 Å². The van der Waals surface area contributed by atoms with E-state index in [9.17, 15) is 28.8 Å². The Kier molecular flexibility index (Phi) is 9.08. The summed E-state index contributed by atoms with van der Waals surface area (Å²) < 4.78 is 15.3. The Hall–Kier alpha value is -3.76. The standard InChI is InChI=1S/C22H25NO10/c1-13(2)12-30-22(29)20(15-7-5-4-6-8-15)32-21(28)16(31-14(3)24)11-19(27)33-23-17(25)9-10-18(23)26/h4-8,13,16,20H,9-12H2,1-3H3/t16-,20-/m0/s1. The van der Waals surface area contributed by atoms with E-state index in [4.69, 9.17) is 19.0 Å². The minimum absolute atomic E-state index is 0.0284. The van der Waals surface area contributed by atoms with Crippen LogP contribution in [0.3, 0.4) is 0 Å². The molecule has 1 aliphatic heterocycles. The Morgan fingerprint density at radius 3 is 2.09 bits per heavy atom. The molecule has 1 aliphatic rings. The fourth-order valence-corrected chi connectivity index (χ4v) is 2.72. The lowest BCUT2D eigenvalue weighted by molar-refractivity contribution is -0.201. The van der Waals surface area contributed by atoms with Crippen molar-refractivity contribution in [1.29, 1.82) is 0 Å². The predicted molar refractivity (Wildman–Crippen MR) is 108 cm³/mol. The first kappa shape index (κ1) is 25.5. The Bertz CT molecular complexity index is 895. The van der Waals surface area contributed by atoms with E-state index in [1.807, 2.05) is 13.8 Å². The molecule has 1 aromatic carbocycles. The monoisotopic (exact) mass is 463 g/mol. The summed E-state index contributed by atoms with van der Waals surface area (Å²) in [5.74, 6) is -5.54. The van der Waals surface area contributed by atoms with Crippen LogP contribution in [-0.4, -0.2) is 53.5 Å². The van der Waals surface area contributed by atoms with Gasteiger partial charge in [-0.05, 0) is 5.92 Å². The largest absolute Gasteiger partial charge is 0.462 e. The summed E-state index contributed by atoms with van der Waals surface area (Å²) >= 11 is 0. The van der Waals surface area contributed by atoms with Crippen LogP contribution in [0, 0.1) is 5.92 Å². The van der Waals surface area contributed by atoms with Gasteiger partial charge in [0, 0.05) is 25.3 Å². The Balaban J connectivity index is 2.14. The van der Waals surface area contributed by atoms with E-state index in [0.29, 0.717) is 10.6 Å². The van der Waals surface area contributed by atoms with Gasteiger partial charge in [-0.2, -0.15) is 0 Å². The molecular weight excluding hydrogens is 438 g/mol. The highest BCUT2D eigenvalue weighted by Gasteiger charge is 2.37. The molecule has 1 saturated heterocycles. The summed E-state index contributed by atoms with van der Waals surface area (Å²) in [6, 6.07) is 8.01. The zero-order valence-corrected chi connectivity index (χ0v) is 18.5. The number of ether oxygens (including phenoxy) is 3. The van der Waals surface area contributed by atoms with Gasteiger partial charge in [-0.1, -0.05) is 44.2 Å². The van der Waals surface area contributed by atoms with E-state index in [1.165, 1.54) is 12.1 Å². The lowest BCUT2D eigenvalue weighted by atomic mass is 10.1. The van der Waals surface area contributed by atoms with Gasteiger partial charge in [0.2, 0.25) is 12.2 Å². The lowest BCUT2D eigenvalue weighted by Gasteiger charge is -2.21. The van der Waals surface area contributed by atoms with Gasteiger partial charge in [0.15, 0.2) is 0 Å². The van der Waals surface area contributed by atoms with Crippen LogP contribution in [0.25, 0.3) is 0 Å². The number of hydrogen-bond donors (Lipinski definition) is 0. The second kappa shape index (κ2) is 11.7. The molecule has 1 fully saturated rings. The minimum Gasteiger partial charge on any atom is -0.462 e. The number of carbonyl (C=O) groups excluding carboxylic acids is 6. The predicted octanol–water partition coefficient (Wildman–Crippen LogP) is 1.40. The van der Waals surface area contributed by atoms with Crippen LogP contribution in [0.1, 0.15) is 51.7 Å².